The highest BCUT2D eigenvalue weighted by Gasteiger charge is 2.05. The van der Waals surface area contributed by atoms with Gasteiger partial charge in [0.25, 0.3) is 0 Å². The van der Waals surface area contributed by atoms with E-state index in [0.717, 1.165) is 4.90 Å². The molecule has 0 saturated heterocycles. The lowest BCUT2D eigenvalue weighted by molar-refractivity contribution is 0.0988. The lowest BCUT2D eigenvalue weighted by atomic mass is 10.1. The van der Waals surface area contributed by atoms with Crippen molar-refractivity contribution in [3.63, 3.8) is 0 Å². The van der Waals surface area contributed by atoms with Crippen molar-refractivity contribution in [3.05, 3.63) is 29.3 Å². The van der Waals surface area contributed by atoms with Gasteiger partial charge in [0.2, 0.25) is 0 Å². The van der Waals surface area contributed by atoms with E-state index in [4.69, 9.17) is 5.11 Å². The average Bonchev–Trinajstić information content (AvgIpc) is 2.17. The standard InChI is InChI=1S/C10H12O2S/c1-2-9(12)7-3-4-10(13)8(5-7)6-11/h3-5,11,13H,2,6H2,1H3. The van der Waals surface area contributed by atoms with Gasteiger partial charge in [0, 0.05) is 16.9 Å². The van der Waals surface area contributed by atoms with Crippen LogP contribution < -0.4 is 0 Å². The maximum Gasteiger partial charge on any atom is 0.162 e. The summed E-state index contributed by atoms with van der Waals surface area (Å²) in [7, 11) is 0. The van der Waals surface area contributed by atoms with E-state index < -0.39 is 0 Å². The first-order chi connectivity index (χ1) is 6.19. The summed E-state index contributed by atoms with van der Waals surface area (Å²) in [6.07, 6.45) is 0.483. The number of carbonyl (C=O) groups is 1. The molecule has 0 atom stereocenters. The van der Waals surface area contributed by atoms with E-state index in [1.54, 1.807) is 18.2 Å². The lowest BCUT2D eigenvalue weighted by Crippen LogP contribution is -1.98. The first kappa shape index (κ1) is 10.3. The summed E-state index contributed by atoms with van der Waals surface area (Å²) in [4.78, 5) is 12.0. The van der Waals surface area contributed by atoms with E-state index in [1.807, 2.05) is 6.92 Å². The number of Topliss-reactive ketones (excluding diaryl/α,β-unsaturated/α-hetero) is 1. The molecule has 0 bridgehead atoms. The molecule has 0 spiro atoms. The van der Waals surface area contributed by atoms with Gasteiger partial charge < -0.3 is 5.11 Å². The normalized spacial score (nSPS) is 10.1. The number of hydrogen-bond donors (Lipinski definition) is 2. The van der Waals surface area contributed by atoms with Crippen LogP contribution in [0, 0.1) is 0 Å². The topological polar surface area (TPSA) is 37.3 Å². The molecular formula is C10H12O2S. The first-order valence-electron chi connectivity index (χ1n) is 4.15. The Kier molecular flexibility index (Phi) is 3.51. The van der Waals surface area contributed by atoms with Gasteiger partial charge in [-0.05, 0) is 17.7 Å². The Hall–Kier alpha value is -0.800. The van der Waals surface area contributed by atoms with Crippen molar-refractivity contribution in [1.29, 1.82) is 0 Å². The zero-order chi connectivity index (χ0) is 9.84. The highest BCUT2D eigenvalue weighted by Crippen LogP contribution is 2.16. The molecule has 0 saturated carbocycles. The molecule has 3 heteroatoms. The zero-order valence-corrected chi connectivity index (χ0v) is 8.34. The second-order valence-corrected chi connectivity index (χ2v) is 3.26. The Morgan fingerprint density at radius 3 is 2.77 bits per heavy atom. The molecule has 0 aliphatic carbocycles. The van der Waals surface area contributed by atoms with Gasteiger partial charge in [-0.2, -0.15) is 0 Å². The fraction of sp³-hybridized carbons (Fsp3) is 0.300. The molecule has 1 N–H and O–H groups in total. The molecular weight excluding hydrogens is 184 g/mol. The van der Waals surface area contributed by atoms with Crippen LogP contribution in [0.15, 0.2) is 23.1 Å². The molecule has 1 aromatic rings. The summed E-state index contributed by atoms with van der Waals surface area (Å²) < 4.78 is 0. The van der Waals surface area contributed by atoms with Crippen LogP contribution in [-0.2, 0) is 6.61 Å². The highest BCUT2D eigenvalue weighted by atomic mass is 32.1. The van der Waals surface area contributed by atoms with Gasteiger partial charge >= 0.3 is 0 Å². The molecule has 0 aliphatic rings. The van der Waals surface area contributed by atoms with Crippen LogP contribution in [0.5, 0.6) is 0 Å². The van der Waals surface area contributed by atoms with Crippen molar-refractivity contribution in [2.24, 2.45) is 0 Å². The fourth-order valence-electron chi connectivity index (χ4n) is 1.09. The third kappa shape index (κ3) is 2.32. The van der Waals surface area contributed by atoms with Crippen molar-refractivity contribution >= 4 is 18.4 Å². The first-order valence-corrected chi connectivity index (χ1v) is 4.59. The van der Waals surface area contributed by atoms with E-state index >= 15 is 0 Å². The summed E-state index contributed by atoms with van der Waals surface area (Å²) >= 11 is 4.15. The third-order valence-corrected chi connectivity index (χ3v) is 2.33. The van der Waals surface area contributed by atoms with Gasteiger partial charge in [-0.1, -0.05) is 13.0 Å². The predicted octanol–water partition coefficient (Wildman–Crippen LogP) is 2.06. The summed E-state index contributed by atoms with van der Waals surface area (Å²) in [6.45, 7) is 1.74. The molecule has 0 amide bonds. The van der Waals surface area contributed by atoms with Crippen LogP contribution >= 0.6 is 12.6 Å². The number of ketones is 1. The second kappa shape index (κ2) is 4.44. The fourth-order valence-corrected chi connectivity index (χ4v) is 1.30. The quantitative estimate of drug-likeness (QED) is 0.573. The second-order valence-electron chi connectivity index (χ2n) is 2.78. The van der Waals surface area contributed by atoms with E-state index in [-0.39, 0.29) is 12.4 Å². The molecule has 2 nitrogen and oxygen atoms in total. The molecule has 0 aromatic heterocycles. The molecule has 1 rings (SSSR count). The smallest absolute Gasteiger partial charge is 0.162 e. The third-order valence-electron chi connectivity index (χ3n) is 1.89. The molecule has 0 heterocycles. The minimum Gasteiger partial charge on any atom is -0.392 e. The van der Waals surface area contributed by atoms with Crippen LogP contribution in [0.1, 0.15) is 29.3 Å². The van der Waals surface area contributed by atoms with Gasteiger partial charge in [-0.3, -0.25) is 4.79 Å². The SMILES string of the molecule is CCC(=O)c1ccc(S)c(CO)c1. The van der Waals surface area contributed by atoms with Crippen LogP contribution in [0.3, 0.4) is 0 Å². The number of carbonyl (C=O) groups excluding carboxylic acids is 1. The van der Waals surface area contributed by atoms with Crippen LogP contribution in [0.4, 0.5) is 0 Å². The largest absolute Gasteiger partial charge is 0.392 e. The maximum absolute atomic E-state index is 11.3. The summed E-state index contributed by atoms with van der Waals surface area (Å²) in [5, 5.41) is 8.94. The number of thiol groups is 1. The number of aliphatic hydroxyl groups excluding tert-OH is 1. The van der Waals surface area contributed by atoms with Crippen molar-refractivity contribution in [1.82, 2.24) is 0 Å². The van der Waals surface area contributed by atoms with Gasteiger partial charge in [-0.25, -0.2) is 0 Å². The minimum absolute atomic E-state index is 0.0797. The maximum atomic E-state index is 11.3. The van der Waals surface area contributed by atoms with Gasteiger partial charge in [-0.15, -0.1) is 12.6 Å². The van der Waals surface area contributed by atoms with Crippen LogP contribution in [0.25, 0.3) is 0 Å². The highest BCUT2D eigenvalue weighted by molar-refractivity contribution is 7.80. The van der Waals surface area contributed by atoms with E-state index in [9.17, 15) is 4.79 Å². The Morgan fingerprint density at radius 1 is 1.54 bits per heavy atom. The van der Waals surface area contributed by atoms with Crippen LogP contribution in [-0.4, -0.2) is 10.9 Å². The van der Waals surface area contributed by atoms with Crippen molar-refractivity contribution in [3.8, 4) is 0 Å². The Bertz CT molecular complexity index is 321. The lowest BCUT2D eigenvalue weighted by Gasteiger charge is -2.03. The number of hydrogen-bond acceptors (Lipinski definition) is 3. The van der Waals surface area contributed by atoms with Crippen molar-refractivity contribution in [2.75, 3.05) is 0 Å². The average molecular weight is 196 g/mol. The molecule has 0 aliphatic heterocycles. The van der Waals surface area contributed by atoms with E-state index in [0.29, 0.717) is 17.5 Å². The number of rotatable bonds is 3. The molecule has 0 fully saturated rings. The monoisotopic (exact) mass is 196 g/mol. The molecule has 13 heavy (non-hydrogen) atoms. The number of benzene rings is 1. The van der Waals surface area contributed by atoms with Crippen LogP contribution in [0.2, 0.25) is 0 Å². The Morgan fingerprint density at radius 2 is 2.23 bits per heavy atom. The van der Waals surface area contributed by atoms with Gasteiger partial charge in [0.1, 0.15) is 0 Å². The molecule has 1 aromatic carbocycles. The van der Waals surface area contributed by atoms with E-state index in [1.165, 1.54) is 0 Å². The minimum atomic E-state index is -0.0797. The number of aliphatic hydroxyl groups is 1. The summed E-state index contributed by atoms with van der Waals surface area (Å²) in [5.41, 5.74) is 1.34. The Balaban J connectivity index is 3.06. The Labute approximate surface area is 83.0 Å². The van der Waals surface area contributed by atoms with Crippen molar-refractivity contribution < 1.29 is 9.90 Å². The van der Waals surface area contributed by atoms with E-state index in [2.05, 4.69) is 12.6 Å². The van der Waals surface area contributed by atoms with Crippen molar-refractivity contribution in [2.45, 2.75) is 24.8 Å². The van der Waals surface area contributed by atoms with Gasteiger partial charge in [0.15, 0.2) is 5.78 Å². The summed E-state index contributed by atoms with van der Waals surface area (Å²) in [5.74, 6) is 0.0861. The molecule has 0 radical (unpaired) electrons. The summed E-state index contributed by atoms with van der Waals surface area (Å²) in [6, 6.07) is 5.15. The van der Waals surface area contributed by atoms with Gasteiger partial charge in [0.05, 0.1) is 6.61 Å². The zero-order valence-electron chi connectivity index (χ0n) is 7.45. The predicted molar refractivity (Wildman–Crippen MR) is 54.2 cm³/mol. The molecule has 70 valence electrons. The molecule has 0 unspecified atom stereocenters.